The maximum atomic E-state index is 11.8. The molecule has 6 atom stereocenters. The van der Waals surface area contributed by atoms with E-state index in [-0.39, 0.29) is 24.3 Å². The summed E-state index contributed by atoms with van der Waals surface area (Å²) in [6.45, 7) is -3.35. The van der Waals surface area contributed by atoms with Gasteiger partial charge < -0.3 is 51.1 Å². The van der Waals surface area contributed by atoms with E-state index in [2.05, 4.69) is 21.1 Å². The zero-order chi connectivity index (χ0) is 27.0. The lowest BCUT2D eigenvalue weighted by atomic mass is 10.0. The van der Waals surface area contributed by atoms with Gasteiger partial charge in [-0.2, -0.15) is 22.0 Å². The SMILES string of the molecule is O=C(CCSCCC(=O)N/N=C(\CO)C(O)C(O)C(O)CO)N/N=C(/CO)C(O)C(O)C(O)CO. The van der Waals surface area contributed by atoms with Crippen molar-refractivity contribution in [1.29, 1.82) is 0 Å². The predicted octanol–water partition coefficient (Wildman–Crippen LogP) is -6.42. The molecule has 0 aliphatic carbocycles. The van der Waals surface area contributed by atoms with E-state index in [1.807, 2.05) is 0 Å². The average molecular weight is 531 g/mol. The van der Waals surface area contributed by atoms with Crippen molar-refractivity contribution in [2.45, 2.75) is 49.5 Å². The molecule has 0 aromatic rings. The first kappa shape index (κ1) is 33.2. The summed E-state index contributed by atoms with van der Waals surface area (Å²) in [6.07, 6.45) is -10.8. The zero-order valence-corrected chi connectivity index (χ0v) is 19.5. The lowest BCUT2D eigenvalue weighted by Crippen LogP contribution is -2.45. The lowest BCUT2D eigenvalue weighted by molar-refractivity contribution is -0.121. The van der Waals surface area contributed by atoms with E-state index in [0.29, 0.717) is 0 Å². The van der Waals surface area contributed by atoms with Crippen LogP contribution in [0.2, 0.25) is 0 Å². The van der Waals surface area contributed by atoms with Gasteiger partial charge in [0.25, 0.3) is 0 Å². The monoisotopic (exact) mass is 530 g/mol. The number of aliphatic hydroxyl groups is 10. The Balaban J connectivity index is 4.40. The van der Waals surface area contributed by atoms with Crippen molar-refractivity contribution >= 4 is 35.0 Å². The van der Waals surface area contributed by atoms with E-state index in [1.54, 1.807) is 0 Å². The van der Waals surface area contributed by atoms with Crippen molar-refractivity contribution in [1.82, 2.24) is 10.9 Å². The van der Waals surface area contributed by atoms with Gasteiger partial charge >= 0.3 is 0 Å². The summed E-state index contributed by atoms with van der Waals surface area (Å²) in [7, 11) is 0. The number of thioether (sulfide) groups is 1. The molecule has 0 rings (SSSR count). The van der Waals surface area contributed by atoms with Crippen LogP contribution in [0.25, 0.3) is 0 Å². The van der Waals surface area contributed by atoms with Gasteiger partial charge in [0.2, 0.25) is 11.8 Å². The van der Waals surface area contributed by atoms with E-state index < -0.39 is 86.3 Å². The molecule has 16 nitrogen and oxygen atoms in total. The Bertz CT molecular complexity index is 642. The summed E-state index contributed by atoms with van der Waals surface area (Å²) in [5, 5.41) is 100. The first-order chi connectivity index (χ1) is 16.5. The molecule has 0 radical (unpaired) electrons. The minimum absolute atomic E-state index is 0.0590. The Morgan fingerprint density at radius 1 is 0.657 bits per heavy atom. The van der Waals surface area contributed by atoms with Crippen LogP contribution in [0.3, 0.4) is 0 Å². The Morgan fingerprint density at radius 3 is 1.29 bits per heavy atom. The van der Waals surface area contributed by atoms with Gasteiger partial charge in [-0.3, -0.25) is 9.59 Å². The normalized spacial score (nSPS) is 17.8. The van der Waals surface area contributed by atoms with Crippen LogP contribution in [-0.2, 0) is 9.59 Å². The first-order valence-electron chi connectivity index (χ1n) is 10.3. The smallest absolute Gasteiger partial charge is 0.240 e. The third-order valence-electron chi connectivity index (χ3n) is 4.41. The van der Waals surface area contributed by atoms with Gasteiger partial charge in [-0.25, -0.2) is 10.9 Å². The number of nitrogens with zero attached hydrogens (tertiary/aromatic N) is 2. The molecule has 0 aromatic carbocycles. The molecule has 0 bridgehead atoms. The van der Waals surface area contributed by atoms with Gasteiger partial charge in [0.05, 0.1) is 37.9 Å². The van der Waals surface area contributed by atoms with Gasteiger partial charge in [-0.1, -0.05) is 0 Å². The number of carbonyl (C=O) groups excluding carboxylic acids is 2. The molecule has 0 saturated heterocycles. The van der Waals surface area contributed by atoms with Gasteiger partial charge in [0.1, 0.15) is 36.6 Å². The summed E-state index contributed by atoms with van der Waals surface area (Å²) < 4.78 is 0. The van der Waals surface area contributed by atoms with Crippen LogP contribution in [0.5, 0.6) is 0 Å². The highest BCUT2D eigenvalue weighted by molar-refractivity contribution is 7.99. The van der Waals surface area contributed by atoms with Gasteiger partial charge in [0.15, 0.2) is 0 Å². The fourth-order valence-corrected chi connectivity index (χ4v) is 3.10. The summed E-state index contributed by atoms with van der Waals surface area (Å²) in [6, 6.07) is 0. The van der Waals surface area contributed by atoms with Gasteiger partial charge in [-0.15, -0.1) is 0 Å². The molecule has 2 amide bonds. The van der Waals surface area contributed by atoms with E-state index in [9.17, 15) is 50.4 Å². The number of hydrogen-bond acceptors (Lipinski definition) is 15. The fraction of sp³-hybridized carbons (Fsp3) is 0.778. The van der Waals surface area contributed by atoms with Crippen molar-refractivity contribution < 1.29 is 60.7 Å². The molecule has 204 valence electrons. The van der Waals surface area contributed by atoms with Crippen molar-refractivity contribution in [3.05, 3.63) is 0 Å². The Labute approximate surface area is 204 Å². The minimum Gasteiger partial charge on any atom is -0.394 e. The van der Waals surface area contributed by atoms with E-state index in [4.69, 9.17) is 10.2 Å². The molecule has 0 aliphatic rings. The van der Waals surface area contributed by atoms with Crippen molar-refractivity contribution in [2.24, 2.45) is 10.2 Å². The molecule has 0 aliphatic heterocycles. The highest BCUT2D eigenvalue weighted by Gasteiger charge is 2.29. The quantitative estimate of drug-likeness (QED) is 0.0446. The number of hydrazone groups is 2. The van der Waals surface area contributed by atoms with Crippen LogP contribution in [0.1, 0.15) is 12.8 Å². The van der Waals surface area contributed by atoms with Crippen LogP contribution in [-0.4, -0.2) is 149 Å². The molecule has 0 fully saturated rings. The molecule has 0 spiro atoms. The Kier molecular flexibility index (Phi) is 17.6. The predicted molar refractivity (Wildman–Crippen MR) is 122 cm³/mol. The third kappa shape index (κ3) is 12.7. The van der Waals surface area contributed by atoms with Crippen molar-refractivity contribution in [3.8, 4) is 0 Å². The number of aliphatic hydroxyl groups excluding tert-OH is 10. The number of carbonyl (C=O) groups is 2. The number of nitrogens with one attached hydrogen (secondary N) is 2. The van der Waals surface area contributed by atoms with Crippen LogP contribution in [0.15, 0.2) is 10.2 Å². The molecule has 0 saturated carbocycles. The lowest BCUT2D eigenvalue weighted by Gasteiger charge is -2.21. The number of rotatable bonds is 18. The maximum absolute atomic E-state index is 11.8. The Morgan fingerprint density at radius 2 is 1.00 bits per heavy atom. The average Bonchev–Trinajstić information content (AvgIpc) is 2.86. The summed E-state index contributed by atoms with van der Waals surface area (Å²) in [4.78, 5) is 23.6. The molecule has 17 heteroatoms. The van der Waals surface area contributed by atoms with Crippen LogP contribution < -0.4 is 10.9 Å². The van der Waals surface area contributed by atoms with E-state index >= 15 is 0 Å². The van der Waals surface area contributed by atoms with Crippen molar-refractivity contribution in [2.75, 3.05) is 37.9 Å². The standard InChI is InChI=1S/C18H34N4O12S/c23-5-9(15(31)17(33)11(27)7-25)19-21-13(29)1-3-35-4-2-14(30)22-20-10(6-24)16(32)18(34)12(28)8-26/h11-12,15-18,23-28,31-34H,1-8H2,(H,21,29)(H,22,30)/b19-9-,20-10+. The van der Waals surface area contributed by atoms with E-state index in [0.717, 1.165) is 0 Å². The van der Waals surface area contributed by atoms with Gasteiger partial charge in [0, 0.05) is 24.3 Å². The second-order valence-corrected chi connectivity index (χ2v) is 8.30. The van der Waals surface area contributed by atoms with Gasteiger partial charge in [-0.05, 0) is 0 Å². The number of amides is 2. The topological polar surface area (TPSA) is 285 Å². The van der Waals surface area contributed by atoms with Crippen LogP contribution >= 0.6 is 11.8 Å². The summed E-state index contributed by atoms with van der Waals surface area (Å²) >= 11 is 1.21. The molecular formula is C18H34N4O12S. The Hall–Kier alpha value is -1.77. The highest BCUT2D eigenvalue weighted by Crippen LogP contribution is 2.06. The van der Waals surface area contributed by atoms with Crippen LogP contribution in [0.4, 0.5) is 0 Å². The second-order valence-electron chi connectivity index (χ2n) is 7.08. The third-order valence-corrected chi connectivity index (χ3v) is 5.40. The zero-order valence-electron chi connectivity index (χ0n) is 18.7. The number of hydrogen-bond donors (Lipinski definition) is 12. The molecule has 6 unspecified atom stereocenters. The molecular weight excluding hydrogens is 496 g/mol. The molecule has 12 N–H and O–H groups in total. The van der Waals surface area contributed by atoms with E-state index in [1.165, 1.54) is 11.8 Å². The first-order valence-corrected chi connectivity index (χ1v) is 11.5. The second kappa shape index (κ2) is 18.5. The highest BCUT2D eigenvalue weighted by atomic mass is 32.2. The molecule has 0 aromatic heterocycles. The fourth-order valence-electron chi connectivity index (χ4n) is 2.23. The largest absolute Gasteiger partial charge is 0.394 e. The summed E-state index contributed by atoms with van der Waals surface area (Å²) in [5.41, 5.74) is 3.25. The minimum atomic E-state index is -1.83. The van der Waals surface area contributed by atoms with Crippen LogP contribution in [0, 0.1) is 0 Å². The summed E-state index contributed by atoms with van der Waals surface area (Å²) in [5.74, 6) is -0.696. The maximum Gasteiger partial charge on any atom is 0.240 e. The van der Waals surface area contributed by atoms with Crippen molar-refractivity contribution in [3.63, 3.8) is 0 Å². The molecule has 35 heavy (non-hydrogen) atoms. The molecule has 0 heterocycles.